The van der Waals surface area contributed by atoms with Crippen LogP contribution in [0.25, 0.3) is 0 Å². The number of hydrogen-bond acceptors (Lipinski definition) is 1. The Balaban J connectivity index is 2.07. The van der Waals surface area contributed by atoms with Crippen molar-refractivity contribution in [1.29, 1.82) is 0 Å². The van der Waals surface area contributed by atoms with Crippen LogP contribution in [0.3, 0.4) is 0 Å². The normalized spacial score (nSPS) is 44.7. The maximum Gasteiger partial charge on any atom is 0.0344 e. The fourth-order valence-electron chi connectivity index (χ4n) is 2.25. The van der Waals surface area contributed by atoms with Crippen LogP contribution in [0.5, 0.6) is 0 Å². The van der Waals surface area contributed by atoms with E-state index in [9.17, 15) is 0 Å². The largest absolute Gasteiger partial charge is 0.388 e. The summed E-state index contributed by atoms with van der Waals surface area (Å²) < 4.78 is 0. The van der Waals surface area contributed by atoms with E-state index in [1.165, 1.54) is 19.3 Å². The third kappa shape index (κ3) is 0.845. The fourth-order valence-corrected chi connectivity index (χ4v) is 2.25. The molecule has 56 valence electrons. The van der Waals surface area contributed by atoms with Crippen molar-refractivity contribution in [1.82, 2.24) is 5.32 Å². The van der Waals surface area contributed by atoms with Gasteiger partial charge in [0.15, 0.2) is 0 Å². The zero-order valence-electron chi connectivity index (χ0n) is 6.51. The van der Waals surface area contributed by atoms with Crippen LogP contribution in [0.4, 0.5) is 0 Å². The molecule has 1 fully saturated rings. The summed E-state index contributed by atoms with van der Waals surface area (Å²) >= 11 is 0. The third-order valence-corrected chi connectivity index (χ3v) is 2.90. The molecule has 1 nitrogen and oxygen atoms in total. The summed E-state index contributed by atoms with van der Waals surface area (Å²) in [5, 5.41) is 3.43. The minimum Gasteiger partial charge on any atom is -0.388 e. The molecule has 0 bridgehead atoms. The number of fused-ring (bicyclic) bond motifs is 1. The van der Waals surface area contributed by atoms with E-state index >= 15 is 0 Å². The molecule has 3 unspecified atom stereocenters. The molecule has 1 saturated carbocycles. The first-order valence-corrected chi connectivity index (χ1v) is 4.30. The standard InChI is InChI=1S/C9H15N/c1-7-3-2-4-8-5-6-10-9(7)8/h5-10H,2-4H2,1H3. The van der Waals surface area contributed by atoms with Crippen LogP contribution in [-0.2, 0) is 0 Å². The van der Waals surface area contributed by atoms with Gasteiger partial charge in [0.1, 0.15) is 0 Å². The molecular weight excluding hydrogens is 122 g/mol. The Morgan fingerprint density at radius 3 is 3.10 bits per heavy atom. The lowest BCUT2D eigenvalue weighted by Crippen LogP contribution is -2.36. The van der Waals surface area contributed by atoms with Crippen molar-refractivity contribution in [2.24, 2.45) is 11.8 Å². The van der Waals surface area contributed by atoms with Gasteiger partial charge in [-0.05, 0) is 30.9 Å². The van der Waals surface area contributed by atoms with E-state index in [4.69, 9.17) is 0 Å². The van der Waals surface area contributed by atoms with Gasteiger partial charge in [0, 0.05) is 6.04 Å². The van der Waals surface area contributed by atoms with Crippen molar-refractivity contribution in [2.75, 3.05) is 0 Å². The van der Waals surface area contributed by atoms with Gasteiger partial charge >= 0.3 is 0 Å². The molecule has 0 spiro atoms. The van der Waals surface area contributed by atoms with Gasteiger partial charge in [0.2, 0.25) is 0 Å². The van der Waals surface area contributed by atoms with Crippen LogP contribution in [0.15, 0.2) is 12.3 Å². The van der Waals surface area contributed by atoms with Crippen molar-refractivity contribution >= 4 is 0 Å². The molecule has 2 rings (SSSR count). The summed E-state index contributed by atoms with van der Waals surface area (Å²) in [4.78, 5) is 0. The molecule has 1 heteroatoms. The number of rotatable bonds is 0. The average molecular weight is 137 g/mol. The van der Waals surface area contributed by atoms with E-state index in [-0.39, 0.29) is 0 Å². The minimum atomic E-state index is 0.772. The Morgan fingerprint density at radius 2 is 2.30 bits per heavy atom. The lowest BCUT2D eigenvalue weighted by Gasteiger charge is -2.31. The maximum atomic E-state index is 3.43. The van der Waals surface area contributed by atoms with Gasteiger partial charge in [-0.3, -0.25) is 0 Å². The number of hydrogen-bond donors (Lipinski definition) is 1. The van der Waals surface area contributed by atoms with Gasteiger partial charge in [-0.25, -0.2) is 0 Å². The molecule has 0 aromatic heterocycles. The molecule has 10 heavy (non-hydrogen) atoms. The Labute approximate surface area is 62.5 Å². The highest BCUT2D eigenvalue weighted by molar-refractivity contribution is 5.05. The fraction of sp³-hybridized carbons (Fsp3) is 0.778. The lowest BCUT2D eigenvalue weighted by atomic mass is 9.79. The lowest BCUT2D eigenvalue weighted by molar-refractivity contribution is 0.263. The highest BCUT2D eigenvalue weighted by Crippen LogP contribution is 2.32. The first-order valence-electron chi connectivity index (χ1n) is 4.30. The Kier molecular flexibility index (Phi) is 1.44. The molecule has 1 N–H and O–H groups in total. The third-order valence-electron chi connectivity index (χ3n) is 2.90. The quantitative estimate of drug-likeness (QED) is 0.537. The Hall–Kier alpha value is -0.460. The predicted molar refractivity (Wildman–Crippen MR) is 42.6 cm³/mol. The summed E-state index contributed by atoms with van der Waals surface area (Å²) in [6.45, 7) is 2.36. The van der Waals surface area contributed by atoms with E-state index in [0.717, 1.165) is 17.9 Å². The van der Waals surface area contributed by atoms with Crippen molar-refractivity contribution in [3.05, 3.63) is 12.3 Å². The molecule has 0 aromatic carbocycles. The average Bonchev–Trinajstić information content (AvgIpc) is 2.36. The van der Waals surface area contributed by atoms with Crippen LogP contribution in [-0.4, -0.2) is 6.04 Å². The minimum absolute atomic E-state index is 0.772. The van der Waals surface area contributed by atoms with Crippen LogP contribution in [0, 0.1) is 11.8 Å². The highest BCUT2D eigenvalue weighted by atomic mass is 14.9. The second-order valence-electron chi connectivity index (χ2n) is 3.62. The van der Waals surface area contributed by atoms with Crippen molar-refractivity contribution < 1.29 is 0 Å². The van der Waals surface area contributed by atoms with Crippen molar-refractivity contribution in [3.8, 4) is 0 Å². The summed E-state index contributed by atoms with van der Waals surface area (Å²) in [6, 6.07) is 0.772. The predicted octanol–water partition coefficient (Wildman–Crippen LogP) is 1.91. The van der Waals surface area contributed by atoms with E-state index < -0.39 is 0 Å². The Morgan fingerprint density at radius 1 is 1.40 bits per heavy atom. The molecule has 1 aliphatic heterocycles. The SMILES string of the molecule is CC1CCCC2C=CNC12. The van der Waals surface area contributed by atoms with E-state index in [1.54, 1.807) is 0 Å². The highest BCUT2D eigenvalue weighted by Gasteiger charge is 2.30. The van der Waals surface area contributed by atoms with Crippen LogP contribution in [0.1, 0.15) is 26.2 Å². The Bertz CT molecular complexity index is 151. The van der Waals surface area contributed by atoms with E-state index in [2.05, 4.69) is 24.5 Å². The molecule has 0 aromatic rings. The molecule has 0 saturated heterocycles. The summed E-state index contributed by atoms with van der Waals surface area (Å²) in [7, 11) is 0. The smallest absolute Gasteiger partial charge is 0.0344 e. The topological polar surface area (TPSA) is 12.0 Å². The maximum absolute atomic E-state index is 3.43. The monoisotopic (exact) mass is 137 g/mol. The first-order chi connectivity index (χ1) is 4.88. The van der Waals surface area contributed by atoms with E-state index in [1.807, 2.05) is 0 Å². The molecule has 1 aliphatic carbocycles. The van der Waals surface area contributed by atoms with Gasteiger partial charge in [0.25, 0.3) is 0 Å². The molecule has 0 amide bonds. The van der Waals surface area contributed by atoms with Gasteiger partial charge < -0.3 is 5.32 Å². The van der Waals surface area contributed by atoms with Crippen LogP contribution >= 0.6 is 0 Å². The molecule has 2 aliphatic rings. The molecule has 0 radical (unpaired) electrons. The summed E-state index contributed by atoms with van der Waals surface area (Å²) in [5.41, 5.74) is 0. The second kappa shape index (κ2) is 2.30. The van der Waals surface area contributed by atoms with Crippen LogP contribution < -0.4 is 5.32 Å². The van der Waals surface area contributed by atoms with Gasteiger partial charge in [-0.2, -0.15) is 0 Å². The zero-order chi connectivity index (χ0) is 6.97. The summed E-state index contributed by atoms with van der Waals surface area (Å²) in [5.74, 6) is 1.73. The van der Waals surface area contributed by atoms with Crippen LogP contribution in [0.2, 0.25) is 0 Å². The van der Waals surface area contributed by atoms with Gasteiger partial charge in [0.05, 0.1) is 0 Å². The van der Waals surface area contributed by atoms with Gasteiger partial charge in [-0.1, -0.05) is 19.4 Å². The van der Waals surface area contributed by atoms with E-state index in [0.29, 0.717) is 0 Å². The molecule has 1 heterocycles. The summed E-state index contributed by atoms with van der Waals surface area (Å²) in [6.07, 6.45) is 8.71. The molecular formula is C9H15N. The molecule has 3 atom stereocenters. The first kappa shape index (κ1) is 6.26. The number of nitrogens with one attached hydrogen (secondary N) is 1. The second-order valence-corrected chi connectivity index (χ2v) is 3.62. The van der Waals surface area contributed by atoms with Gasteiger partial charge in [-0.15, -0.1) is 0 Å². The zero-order valence-corrected chi connectivity index (χ0v) is 6.51. The van der Waals surface area contributed by atoms with Crippen molar-refractivity contribution in [3.63, 3.8) is 0 Å². The van der Waals surface area contributed by atoms with Crippen molar-refractivity contribution in [2.45, 2.75) is 32.2 Å².